The van der Waals surface area contributed by atoms with Crippen molar-refractivity contribution in [1.82, 2.24) is 15.2 Å². The third-order valence-electron chi connectivity index (χ3n) is 5.73. The second kappa shape index (κ2) is 5.69. The minimum absolute atomic E-state index is 0.0593. The average molecular weight is 357 g/mol. The molecule has 1 N–H and O–H groups in total. The fraction of sp³-hybridized carbons (Fsp3) is 0.500. The number of likely N-dealkylation sites (tertiary alicyclic amines) is 1. The van der Waals surface area contributed by atoms with Gasteiger partial charge in [-0.15, -0.1) is 11.3 Å². The summed E-state index contributed by atoms with van der Waals surface area (Å²) in [4.78, 5) is 31.6. The first-order valence-electron chi connectivity index (χ1n) is 8.76. The number of carbonyl (C=O) groups is 2. The molecule has 2 aromatic heterocycles. The molecule has 1 saturated heterocycles. The maximum atomic E-state index is 12.6. The Hall–Kier alpha value is -2.15. The van der Waals surface area contributed by atoms with Crippen LogP contribution in [0.3, 0.4) is 0 Å². The highest BCUT2D eigenvalue weighted by Crippen LogP contribution is 2.43. The smallest absolute Gasteiger partial charge is 0.287 e. The van der Waals surface area contributed by atoms with Crippen molar-refractivity contribution in [3.05, 3.63) is 40.2 Å². The lowest BCUT2D eigenvalue weighted by Gasteiger charge is -2.39. The SMILES string of the molecule is O=C(NC1CC2CN(C(=O)c3cncs3)CC21)c1occc1C1CC1. The van der Waals surface area contributed by atoms with Gasteiger partial charge in [0.25, 0.3) is 11.8 Å². The maximum Gasteiger partial charge on any atom is 0.287 e. The van der Waals surface area contributed by atoms with Crippen molar-refractivity contribution < 1.29 is 14.0 Å². The molecule has 3 unspecified atom stereocenters. The summed E-state index contributed by atoms with van der Waals surface area (Å²) in [6, 6.07) is 2.05. The van der Waals surface area contributed by atoms with Gasteiger partial charge in [0.2, 0.25) is 0 Å². The van der Waals surface area contributed by atoms with Crippen molar-refractivity contribution >= 4 is 23.2 Å². The van der Waals surface area contributed by atoms with Gasteiger partial charge in [0.05, 0.1) is 18.0 Å². The van der Waals surface area contributed by atoms with E-state index in [1.165, 1.54) is 11.3 Å². The lowest BCUT2D eigenvalue weighted by molar-refractivity contribution is 0.0790. The Bertz CT molecular complexity index is 811. The second-order valence-corrected chi connectivity index (χ2v) is 8.18. The van der Waals surface area contributed by atoms with Gasteiger partial charge >= 0.3 is 0 Å². The summed E-state index contributed by atoms with van der Waals surface area (Å²) in [7, 11) is 0. The first-order chi connectivity index (χ1) is 12.2. The van der Waals surface area contributed by atoms with Crippen LogP contribution in [-0.4, -0.2) is 40.8 Å². The topological polar surface area (TPSA) is 75.4 Å². The molecule has 2 amide bonds. The number of carbonyl (C=O) groups excluding carboxylic acids is 2. The predicted octanol–water partition coefficient (Wildman–Crippen LogP) is 2.50. The summed E-state index contributed by atoms with van der Waals surface area (Å²) in [5, 5.41) is 3.13. The summed E-state index contributed by atoms with van der Waals surface area (Å²) in [6.45, 7) is 1.49. The van der Waals surface area contributed by atoms with Crippen LogP contribution in [0.25, 0.3) is 0 Å². The van der Waals surface area contributed by atoms with Crippen molar-refractivity contribution in [2.45, 2.75) is 31.2 Å². The van der Waals surface area contributed by atoms with E-state index in [-0.39, 0.29) is 17.9 Å². The highest BCUT2D eigenvalue weighted by Gasteiger charge is 2.49. The molecule has 3 heterocycles. The van der Waals surface area contributed by atoms with Crippen LogP contribution >= 0.6 is 11.3 Å². The Morgan fingerprint density at radius 1 is 1.32 bits per heavy atom. The molecule has 25 heavy (non-hydrogen) atoms. The van der Waals surface area contributed by atoms with Crippen LogP contribution in [0.15, 0.2) is 28.5 Å². The summed E-state index contributed by atoms with van der Waals surface area (Å²) in [5.41, 5.74) is 2.73. The molecule has 0 bridgehead atoms. The van der Waals surface area contributed by atoms with E-state index in [2.05, 4.69) is 10.3 Å². The largest absolute Gasteiger partial charge is 0.459 e. The summed E-state index contributed by atoms with van der Waals surface area (Å²) >= 11 is 1.38. The van der Waals surface area contributed by atoms with E-state index < -0.39 is 0 Å². The summed E-state index contributed by atoms with van der Waals surface area (Å²) < 4.78 is 5.43. The Labute approximate surface area is 149 Å². The number of amides is 2. The van der Waals surface area contributed by atoms with Gasteiger partial charge in [-0.1, -0.05) is 0 Å². The van der Waals surface area contributed by atoms with Crippen molar-refractivity contribution in [1.29, 1.82) is 0 Å². The predicted molar refractivity (Wildman–Crippen MR) is 91.6 cm³/mol. The molecule has 6 nitrogen and oxygen atoms in total. The van der Waals surface area contributed by atoms with Crippen LogP contribution in [0.5, 0.6) is 0 Å². The Morgan fingerprint density at radius 3 is 2.96 bits per heavy atom. The fourth-order valence-corrected chi connectivity index (χ4v) is 4.76. The number of rotatable bonds is 4. The molecule has 2 saturated carbocycles. The fourth-order valence-electron chi connectivity index (χ4n) is 4.17. The van der Waals surface area contributed by atoms with E-state index in [1.807, 2.05) is 11.0 Å². The average Bonchev–Trinajstić information content (AvgIpc) is 3.05. The molecule has 0 radical (unpaired) electrons. The lowest BCUT2D eigenvalue weighted by Crippen LogP contribution is -2.52. The van der Waals surface area contributed by atoms with E-state index in [0.717, 1.165) is 31.4 Å². The zero-order chi connectivity index (χ0) is 17.0. The van der Waals surface area contributed by atoms with Crippen LogP contribution in [0.4, 0.5) is 0 Å². The van der Waals surface area contributed by atoms with Crippen LogP contribution in [0.2, 0.25) is 0 Å². The number of nitrogens with zero attached hydrogens (tertiary/aromatic N) is 2. The van der Waals surface area contributed by atoms with Crippen molar-refractivity contribution in [2.75, 3.05) is 13.1 Å². The van der Waals surface area contributed by atoms with Gasteiger partial charge in [0, 0.05) is 30.6 Å². The van der Waals surface area contributed by atoms with Crippen molar-refractivity contribution in [2.24, 2.45) is 11.8 Å². The van der Waals surface area contributed by atoms with Gasteiger partial charge in [-0.25, -0.2) is 0 Å². The maximum absolute atomic E-state index is 12.6. The van der Waals surface area contributed by atoms with Crippen LogP contribution in [0.1, 0.15) is 51.0 Å². The molecule has 2 aliphatic carbocycles. The standard InChI is InChI=1S/C18H19N3O3S/c22-17(16-12(3-4-24-16)10-1-2-10)20-14-5-11-7-21(8-13(11)14)18(23)15-6-19-9-25-15/h3-4,6,9-11,13-14H,1-2,5,7-8H2,(H,20,22). The van der Waals surface area contributed by atoms with E-state index in [4.69, 9.17) is 4.42 Å². The molecule has 0 aromatic carbocycles. The van der Waals surface area contributed by atoms with E-state index in [0.29, 0.717) is 34.9 Å². The van der Waals surface area contributed by atoms with Gasteiger partial charge in [-0.2, -0.15) is 0 Å². The van der Waals surface area contributed by atoms with Crippen LogP contribution in [-0.2, 0) is 0 Å². The molecule has 3 atom stereocenters. The number of furan rings is 1. The molecule has 2 aromatic rings. The first-order valence-corrected chi connectivity index (χ1v) is 9.64. The van der Waals surface area contributed by atoms with Gasteiger partial charge in [-0.3, -0.25) is 14.6 Å². The summed E-state index contributed by atoms with van der Waals surface area (Å²) in [5.74, 6) is 1.75. The molecule has 1 aliphatic heterocycles. The molecule has 7 heteroatoms. The quantitative estimate of drug-likeness (QED) is 0.912. The highest BCUT2D eigenvalue weighted by molar-refractivity contribution is 7.11. The Kier molecular flexibility index (Phi) is 3.45. The van der Waals surface area contributed by atoms with Crippen molar-refractivity contribution in [3.63, 3.8) is 0 Å². The normalized spacial score (nSPS) is 27.7. The van der Waals surface area contributed by atoms with E-state index >= 15 is 0 Å². The molecule has 130 valence electrons. The van der Waals surface area contributed by atoms with E-state index in [1.54, 1.807) is 18.0 Å². The molecule has 0 spiro atoms. The number of hydrogen-bond acceptors (Lipinski definition) is 5. The minimum atomic E-state index is -0.109. The van der Waals surface area contributed by atoms with Crippen LogP contribution in [0, 0.1) is 11.8 Å². The highest BCUT2D eigenvalue weighted by atomic mass is 32.1. The number of thiazole rings is 1. The number of fused-ring (bicyclic) bond motifs is 1. The zero-order valence-corrected chi connectivity index (χ0v) is 14.5. The van der Waals surface area contributed by atoms with Gasteiger partial charge in [0.1, 0.15) is 4.88 Å². The van der Waals surface area contributed by atoms with Gasteiger partial charge in [0.15, 0.2) is 5.76 Å². The summed E-state index contributed by atoms with van der Waals surface area (Å²) in [6.07, 6.45) is 6.45. The molecular formula is C18H19N3O3S. The molecule has 3 aliphatic rings. The molecule has 3 fully saturated rings. The Balaban J connectivity index is 1.22. The Morgan fingerprint density at radius 2 is 2.20 bits per heavy atom. The minimum Gasteiger partial charge on any atom is -0.459 e. The van der Waals surface area contributed by atoms with Crippen LogP contribution < -0.4 is 5.32 Å². The lowest BCUT2D eigenvalue weighted by atomic mass is 9.71. The third kappa shape index (κ3) is 2.57. The second-order valence-electron chi connectivity index (χ2n) is 7.29. The zero-order valence-electron chi connectivity index (χ0n) is 13.7. The van der Waals surface area contributed by atoms with Gasteiger partial charge in [-0.05, 0) is 37.2 Å². The third-order valence-corrected chi connectivity index (χ3v) is 6.49. The number of nitrogens with one attached hydrogen (secondary N) is 1. The monoisotopic (exact) mass is 357 g/mol. The van der Waals surface area contributed by atoms with E-state index in [9.17, 15) is 9.59 Å². The molecular weight excluding hydrogens is 338 g/mol. The molecule has 5 rings (SSSR count). The number of aromatic nitrogens is 1. The number of hydrogen-bond donors (Lipinski definition) is 1. The first kappa shape index (κ1) is 15.1. The van der Waals surface area contributed by atoms with Gasteiger partial charge < -0.3 is 14.6 Å². The van der Waals surface area contributed by atoms with Crippen molar-refractivity contribution in [3.8, 4) is 0 Å².